The normalized spacial score (nSPS) is 16.8. The Labute approximate surface area is 220 Å². The third-order valence-corrected chi connectivity index (χ3v) is 6.05. The SMILES string of the molecule is CCOc1cccc(N2C(=O)C(=O)/C(=C(/O)c3cc(Cl)ccc3OC)C2c2cccc(OC(C)C)c2)c1. The highest BCUT2D eigenvalue weighted by molar-refractivity contribution is 6.51. The number of aliphatic hydroxyl groups excluding tert-OH is 1. The summed E-state index contributed by atoms with van der Waals surface area (Å²) in [5.41, 5.74) is 1.15. The smallest absolute Gasteiger partial charge is 0.300 e. The molecular weight excluding hydrogens is 494 g/mol. The van der Waals surface area contributed by atoms with E-state index in [-0.39, 0.29) is 23.0 Å². The summed E-state index contributed by atoms with van der Waals surface area (Å²) in [6.07, 6.45) is -0.0831. The monoisotopic (exact) mass is 521 g/mol. The number of halogens is 1. The van der Waals surface area contributed by atoms with Crippen molar-refractivity contribution in [1.82, 2.24) is 0 Å². The molecule has 8 heteroatoms. The van der Waals surface area contributed by atoms with E-state index in [1.807, 2.05) is 20.8 Å². The lowest BCUT2D eigenvalue weighted by Gasteiger charge is -2.26. The molecule has 1 amide bonds. The topological polar surface area (TPSA) is 85.3 Å². The lowest BCUT2D eigenvalue weighted by Crippen LogP contribution is -2.29. The van der Waals surface area contributed by atoms with Crippen molar-refractivity contribution < 1.29 is 28.9 Å². The van der Waals surface area contributed by atoms with Crippen LogP contribution in [0.15, 0.2) is 72.3 Å². The highest BCUT2D eigenvalue weighted by Crippen LogP contribution is 2.44. The second-order valence-electron chi connectivity index (χ2n) is 8.68. The van der Waals surface area contributed by atoms with Crippen molar-refractivity contribution in [2.24, 2.45) is 0 Å². The van der Waals surface area contributed by atoms with Gasteiger partial charge in [0.15, 0.2) is 0 Å². The number of carbonyl (C=O) groups excluding carboxylic acids is 2. The van der Waals surface area contributed by atoms with E-state index >= 15 is 0 Å². The van der Waals surface area contributed by atoms with E-state index in [4.69, 9.17) is 25.8 Å². The first-order valence-electron chi connectivity index (χ1n) is 11.9. The van der Waals surface area contributed by atoms with Crippen LogP contribution in [-0.2, 0) is 9.59 Å². The summed E-state index contributed by atoms with van der Waals surface area (Å²) in [5.74, 6) is -0.572. The fraction of sp³-hybridized carbons (Fsp3) is 0.241. The van der Waals surface area contributed by atoms with Gasteiger partial charge in [0.2, 0.25) is 0 Å². The first-order valence-corrected chi connectivity index (χ1v) is 12.3. The number of hydrogen-bond donors (Lipinski definition) is 1. The zero-order valence-corrected chi connectivity index (χ0v) is 21.8. The number of carbonyl (C=O) groups is 2. The van der Waals surface area contributed by atoms with Crippen LogP contribution in [0.25, 0.3) is 5.76 Å². The maximum atomic E-state index is 13.5. The molecule has 0 saturated carbocycles. The summed E-state index contributed by atoms with van der Waals surface area (Å²) in [5, 5.41) is 11.8. The van der Waals surface area contributed by atoms with E-state index in [0.29, 0.717) is 40.1 Å². The molecule has 3 aromatic rings. The Hall–Kier alpha value is -3.97. The van der Waals surface area contributed by atoms with Crippen LogP contribution in [0.4, 0.5) is 5.69 Å². The summed E-state index contributed by atoms with van der Waals surface area (Å²) in [4.78, 5) is 28.4. The minimum atomic E-state index is -0.948. The number of anilines is 1. The molecule has 1 unspecified atom stereocenters. The average Bonchev–Trinajstić information content (AvgIpc) is 3.14. The molecule has 1 aliphatic heterocycles. The molecule has 7 nitrogen and oxygen atoms in total. The van der Waals surface area contributed by atoms with Gasteiger partial charge < -0.3 is 19.3 Å². The van der Waals surface area contributed by atoms with Crippen molar-refractivity contribution in [3.63, 3.8) is 0 Å². The Kier molecular flexibility index (Phi) is 7.74. The second-order valence-corrected chi connectivity index (χ2v) is 9.12. The minimum absolute atomic E-state index is 0.0831. The van der Waals surface area contributed by atoms with Crippen LogP contribution in [0.5, 0.6) is 17.2 Å². The third kappa shape index (κ3) is 5.27. The van der Waals surface area contributed by atoms with Crippen LogP contribution in [0.1, 0.15) is 37.9 Å². The Balaban J connectivity index is 1.97. The van der Waals surface area contributed by atoms with E-state index in [1.54, 1.807) is 60.7 Å². The highest BCUT2D eigenvalue weighted by Gasteiger charge is 2.47. The van der Waals surface area contributed by atoms with Gasteiger partial charge >= 0.3 is 0 Å². The number of ether oxygens (including phenoxy) is 3. The van der Waals surface area contributed by atoms with E-state index < -0.39 is 17.7 Å². The molecule has 4 rings (SSSR count). The van der Waals surface area contributed by atoms with Crippen LogP contribution in [-0.4, -0.2) is 36.6 Å². The molecular formula is C29H28ClNO6. The molecule has 1 N–H and O–H groups in total. The molecule has 1 heterocycles. The minimum Gasteiger partial charge on any atom is -0.507 e. The molecule has 1 aliphatic rings. The zero-order valence-electron chi connectivity index (χ0n) is 21.0. The van der Waals surface area contributed by atoms with Crippen molar-refractivity contribution in [2.45, 2.75) is 32.9 Å². The van der Waals surface area contributed by atoms with Crippen molar-refractivity contribution >= 4 is 34.7 Å². The number of methoxy groups -OCH3 is 1. The number of aliphatic hydroxyl groups is 1. The fourth-order valence-electron chi connectivity index (χ4n) is 4.34. The first-order chi connectivity index (χ1) is 17.7. The molecule has 0 spiro atoms. The van der Waals surface area contributed by atoms with Gasteiger partial charge in [-0.25, -0.2) is 0 Å². The molecule has 1 atom stereocenters. The molecule has 0 radical (unpaired) electrons. The van der Waals surface area contributed by atoms with Crippen molar-refractivity contribution in [3.8, 4) is 17.2 Å². The number of rotatable bonds is 8. The maximum Gasteiger partial charge on any atom is 0.300 e. The van der Waals surface area contributed by atoms with Gasteiger partial charge in [0.25, 0.3) is 11.7 Å². The summed E-state index contributed by atoms with van der Waals surface area (Å²) in [7, 11) is 1.45. The second kappa shape index (κ2) is 11.0. The van der Waals surface area contributed by atoms with Gasteiger partial charge in [0.1, 0.15) is 23.0 Å². The summed E-state index contributed by atoms with van der Waals surface area (Å²) in [6.45, 7) is 6.11. The number of Topliss-reactive ketones (excluding diaryl/α,β-unsaturated/α-hetero) is 1. The molecule has 3 aromatic carbocycles. The first kappa shape index (κ1) is 26.1. The van der Waals surface area contributed by atoms with Gasteiger partial charge in [0.05, 0.1) is 37.0 Å². The number of amides is 1. The number of benzene rings is 3. The van der Waals surface area contributed by atoms with Gasteiger partial charge in [-0.15, -0.1) is 0 Å². The number of nitrogens with zero attached hydrogens (tertiary/aromatic N) is 1. The molecule has 37 heavy (non-hydrogen) atoms. The quantitative estimate of drug-likeness (QED) is 0.217. The molecule has 1 fully saturated rings. The predicted octanol–water partition coefficient (Wildman–Crippen LogP) is 6.16. The van der Waals surface area contributed by atoms with E-state index in [9.17, 15) is 14.7 Å². The maximum absolute atomic E-state index is 13.5. The van der Waals surface area contributed by atoms with E-state index in [0.717, 1.165) is 0 Å². The largest absolute Gasteiger partial charge is 0.507 e. The number of ketones is 1. The summed E-state index contributed by atoms with van der Waals surface area (Å²) >= 11 is 6.20. The molecule has 1 saturated heterocycles. The van der Waals surface area contributed by atoms with Crippen molar-refractivity contribution in [2.75, 3.05) is 18.6 Å². The Morgan fingerprint density at radius 2 is 1.76 bits per heavy atom. The molecule has 0 aliphatic carbocycles. The van der Waals surface area contributed by atoms with Gasteiger partial charge in [0, 0.05) is 16.8 Å². The van der Waals surface area contributed by atoms with Crippen LogP contribution in [0, 0.1) is 0 Å². The van der Waals surface area contributed by atoms with Crippen molar-refractivity contribution in [1.29, 1.82) is 0 Å². The zero-order chi connectivity index (χ0) is 26.7. The van der Waals surface area contributed by atoms with Gasteiger partial charge in [-0.1, -0.05) is 29.8 Å². The van der Waals surface area contributed by atoms with E-state index in [2.05, 4.69) is 0 Å². The van der Waals surface area contributed by atoms with Crippen LogP contribution < -0.4 is 19.1 Å². The van der Waals surface area contributed by atoms with Crippen molar-refractivity contribution in [3.05, 3.63) is 88.5 Å². The average molecular weight is 522 g/mol. The summed E-state index contributed by atoms with van der Waals surface area (Å²) < 4.78 is 16.9. The van der Waals surface area contributed by atoms with Crippen LogP contribution in [0.2, 0.25) is 5.02 Å². The van der Waals surface area contributed by atoms with Gasteiger partial charge in [-0.05, 0) is 68.8 Å². The number of hydrogen-bond acceptors (Lipinski definition) is 6. The standard InChI is InChI=1S/C29H28ClNO6/c1-5-36-21-10-7-9-20(16-21)31-26(18-8-6-11-22(14-18)37-17(2)3)25(28(33)29(31)34)27(32)23-15-19(30)12-13-24(23)35-4/h6-17,26,32H,5H2,1-4H3/b27-25+. The highest BCUT2D eigenvalue weighted by atomic mass is 35.5. The predicted molar refractivity (Wildman–Crippen MR) is 143 cm³/mol. The summed E-state index contributed by atoms with van der Waals surface area (Å²) in [6, 6.07) is 17.8. The lowest BCUT2D eigenvalue weighted by molar-refractivity contribution is -0.132. The molecule has 192 valence electrons. The molecule has 0 aromatic heterocycles. The Morgan fingerprint density at radius 1 is 1.03 bits per heavy atom. The van der Waals surface area contributed by atoms with E-state index in [1.165, 1.54) is 18.1 Å². The third-order valence-electron chi connectivity index (χ3n) is 5.81. The van der Waals surface area contributed by atoms with Crippen LogP contribution >= 0.6 is 11.6 Å². The Bertz CT molecular complexity index is 1370. The van der Waals surface area contributed by atoms with Gasteiger partial charge in [-0.2, -0.15) is 0 Å². The van der Waals surface area contributed by atoms with Crippen LogP contribution in [0.3, 0.4) is 0 Å². The fourth-order valence-corrected chi connectivity index (χ4v) is 4.52. The van der Waals surface area contributed by atoms with Gasteiger partial charge in [-0.3, -0.25) is 14.5 Å². The molecule has 0 bridgehead atoms. The lowest BCUT2D eigenvalue weighted by atomic mass is 9.94. The Morgan fingerprint density at radius 3 is 2.46 bits per heavy atom.